The first-order valence-electron chi connectivity index (χ1n) is 7.49. The van der Waals surface area contributed by atoms with Crippen LogP contribution in [0.2, 0.25) is 0 Å². The Morgan fingerprint density at radius 2 is 1.88 bits per heavy atom. The number of nitrogens with zero attached hydrogens (tertiary/aromatic N) is 5. The normalized spacial score (nSPS) is 11.2. The molecule has 6 heteroatoms. The van der Waals surface area contributed by atoms with Gasteiger partial charge >= 0.3 is 0 Å². The van der Waals surface area contributed by atoms with Gasteiger partial charge in [0.15, 0.2) is 17.3 Å². The van der Waals surface area contributed by atoms with Crippen LogP contribution >= 0.6 is 0 Å². The molecule has 116 valence electrons. The van der Waals surface area contributed by atoms with Crippen LogP contribution in [-0.4, -0.2) is 24.5 Å². The van der Waals surface area contributed by atoms with Gasteiger partial charge in [-0.3, -0.25) is 9.55 Å². The zero-order chi connectivity index (χ0) is 16.2. The number of anilines is 1. The third-order valence-corrected chi connectivity index (χ3v) is 3.50. The number of hydrogen-bond donors (Lipinski definition) is 1. The predicted octanol–water partition coefficient (Wildman–Crippen LogP) is 3.29. The van der Waals surface area contributed by atoms with Gasteiger partial charge in [0.25, 0.3) is 0 Å². The van der Waals surface area contributed by atoms with Crippen LogP contribution in [0.15, 0.2) is 73.6 Å². The zero-order valence-corrected chi connectivity index (χ0v) is 12.7. The molecule has 24 heavy (non-hydrogen) atoms. The highest BCUT2D eigenvalue weighted by atomic mass is 15.2. The third-order valence-electron chi connectivity index (χ3n) is 3.50. The molecule has 0 unspecified atom stereocenters. The van der Waals surface area contributed by atoms with Crippen molar-refractivity contribution in [3.8, 4) is 5.82 Å². The average molecular weight is 314 g/mol. The van der Waals surface area contributed by atoms with Gasteiger partial charge in [-0.1, -0.05) is 30.3 Å². The van der Waals surface area contributed by atoms with Gasteiger partial charge in [0.2, 0.25) is 0 Å². The summed E-state index contributed by atoms with van der Waals surface area (Å²) >= 11 is 0. The first kappa shape index (κ1) is 14.1. The van der Waals surface area contributed by atoms with Crippen molar-refractivity contribution in [2.45, 2.75) is 0 Å². The maximum absolute atomic E-state index is 4.57. The van der Waals surface area contributed by atoms with E-state index in [1.165, 1.54) is 0 Å². The summed E-state index contributed by atoms with van der Waals surface area (Å²) in [7, 11) is 0. The van der Waals surface area contributed by atoms with Crippen molar-refractivity contribution in [1.29, 1.82) is 0 Å². The fraction of sp³-hybridized carbons (Fsp3) is 0. The number of imidazole rings is 1. The molecule has 0 saturated heterocycles. The Bertz CT molecular complexity index is 991. The largest absolute Gasteiger partial charge is 0.345 e. The van der Waals surface area contributed by atoms with Gasteiger partial charge in [-0.2, -0.15) is 0 Å². The van der Waals surface area contributed by atoms with Crippen LogP contribution in [-0.2, 0) is 0 Å². The van der Waals surface area contributed by atoms with E-state index in [4.69, 9.17) is 0 Å². The minimum Gasteiger partial charge on any atom is -0.345 e. The number of benzene rings is 1. The Labute approximate surface area is 138 Å². The second-order valence-electron chi connectivity index (χ2n) is 5.11. The SMILES string of the molecule is C(=Cc1ccccc1)Nc1cncc(-n2cnc3ncccc32)n1. The van der Waals surface area contributed by atoms with Gasteiger partial charge in [-0.05, 0) is 23.8 Å². The lowest BCUT2D eigenvalue weighted by atomic mass is 10.2. The lowest BCUT2D eigenvalue weighted by Gasteiger charge is -2.05. The summed E-state index contributed by atoms with van der Waals surface area (Å²) in [6.45, 7) is 0. The number of rotatable bonds is 4. The van der Waals surface area contributed by atoms with E-state index in [0.29, 0.717) is 17.3 Å². The molecule has 0 spiro atoms. The van der Waals surface area contributed by atoms with Gasteiger partial charge in [0, 0.05) is 12.4 Å². The Morgan fingerprint density at radius 1 is 0.958 bits per heavy atom. The Morgan fingerprint density at radius 3 is 2.79 bits per heavy atom. The number of pyridine rings is 1. The molecule has 0 aliphatic carbocycles. The van der Waals surface area contributed by atoms with Gasteiger partial charge in [-0.25, -0.2) is 15.0 Å². The molecule has 0 bridgehead atoms. The standard InChI is InChI=1S/C18H14N6/c1-2-5-14(6-3-1)8-10-20-16-11-19-12-17(23-16)24-13-22-18-15(24)7-4-9-21-18/h1-13H,(H,20,23). The monoisotopic (exact) mass is 314 g/mol. The fourth-order valence-electron chi connectivity index (χ4n) is 2.36. The smallest absolute Gasteiger partial charge is 0.177 e. The molecule has 0 amide bonds. The Hall–Kier alpha value is -3.54. The number of nitrogens with one attached hydrogen (secondary N) is 1. The molecule has 0 atom stereocenters. The van der Waals surface area contributed by atoms with Gasteiger partial charge in [0.05, 0.1) is 17.9 Å². The van der Waals surface area contributed by atoms with Crippen molar-refractivity contribution in [3.05, 3.63) is 79.1 Å². The quantitative estimate of drug-likeness (QED) is 0.626. The van der Waals surface area contributed by atoms with Crippen molar-refractivity contribution in [1.82, 2.24) is 24.5 Å². The van der Waals surface area contributed by atoms with E-state index >= 15 is 0 Å². The maximum Gasteiger partial charge on any atom is 0.177 e. The molecule has 3 aromatic heterocycles. The molecule has 3 heterocycles. The number of fused-ring (bicyclic) bond motifs is 1. The van der Waals surface area contributed by atoms with Crippen LogP contribution < -0.4 is 5.32 Å². The minimum absolute atomic E-state index is 0.658. The topological polar surface area (TPSA) is 68.5 Å². The molecule has 1 N–H and O–H groups in total. The second-order valence-corrected chi connectivity index (χ2v) is 5.11. The Kier molecular flexibility index (Phi) is 3.69. The van der Waals surface area contributed by atoms with Crippen molar-refractivity contribution < 1.29 is 0 Å². The maximum atomic E-state index is 4.57. The summed E-state index contributed by atoms with van der Waals surface area (Å²) in [4.78, 5) is 17.3. The molecule has 4 rings (SSSR count). The minimum atomic E-state index is 0.658. The van der Waals surface area contributed by atoms with Gasteiger partial charge in [0.1, 0.15) is 6.33 Å². The summed E-state index contributed by atoms with van der Waals surface area (Å²) in [6, 6.07) is 13.9. The van der Waals surface area contributed by atoms with Crippen molar-refractivity contribution in [2.24, 2.45) is 0 Å². The average Bonchev–Trinajstić information content (AvgIpc) is 3.07. The van der Waals surface area contributed by atoms with Crippen molar-refractivity contribution in [3.63, 3.8) is 0 Å². The lowest BCUT2D eigenvalue weighted by molar-refractivity contribution is 0.998. The molecular formula is C18H14N6. The number of aromatic nitrogens is 5. The molecule has 1 aromatic carbocycles. The highest BCUT2D eigenvalue weighted by Gasteiger charge is 2.06. The Balaban J connectivity index is 1.59. The van der Waals surface area contributed by atoms with Crippen LogP contribution in [0.3, 0.4) is 0 Å². The lowest BCUT2D eigenvalue weighted by Crippen LogP contribution is -2.00. The van der Waals surface area contributed by atoms with E-state index in [0.717, 1.165) is 11.1 Å². The molecule has 0 aliphatic rings. The van der Waals surface area contributed by atoms with E-state index in [2.05, 4.69) is 25.3 Å². The summed E-state index contributed by atoms with van der Waals surface area (Å²) in [5.41, 5.74) is 2.69. The van der Waals surface area contributed by atoms with Crippen LogP contribution in [0.25, 0.3) is 23.1 Å². The highest BCUT2D eigenvalue weighted by Crippen LogP contribution is 2.15. The first-order chi connectivity index (χ1) is 11.9. The fourth-order valence-corrected chi connectivity index (χ4v) is 2.36. The molecule has 0 aliphatic heterocycles. The van der Waals surface area contributed by atoms with Crippen LogP contribution in [0.1, 0.15) is 5.56 Å². The van der Waals surface area contributed by atoms with Crippen LogP contribution in [0, 0.1) is 0 Å². The van der Waals surface area contributed by atoms with E-state index in [1.807, 2.05) is 59.3 Å². The number of hydrogen-bond acceptors (Lipinski definition) is 5. The molecule has 0 radical (unpaired) electrons. The van der Waals surface area contributed by atoms with Crippen LogP contribution in [0.4, 0.5) is 5.82 Å². The molecular weight excluding hydrogens is 300 g/mol. The van der Waals surface area contributed by atoms with E-state index in [1.54, 1.807) is 24.9 Å². The molecule has 0 saturated carbocycles. The molecule has 4 aromatic rings. The highest BCUT2D eigenvalue weighted by molar-refractivity contribution is 5.72. The van der Waals surface area contributed by atoms with Crippen LogP contribution in [0.5, 0.6) is 0 Å². The van der Waals surface area contributed by atoms with E-state index in [-0.39, 0.29) is 0 Å². The van der Waals surface area contributed by atoms with Crippen molar-refractivity contribution in [2.75, 3.05) is 5.32 Å². The third kappa shape index (κ3) is 2.85. The van der Waals surface area contributed by atoms with Gasteiger partial charge in [-0.15, -0.1) is 0 Å². The summed E-state index contributed by atoms with van der Waals surface area (Å²) < 4.78 is 1.86. The van der Waals surface area contributed by atoms with E-state index in [9.17, 15) is 0 Å². The predicted molar refractivity (Wildman–Crippen MR) is 93.6 cm³/mol. The van der Waals surface area contributed by atoms with Gasteiger partial charge < -0.3 is 5.32 Å². The second kappa shape index (κ2) is 6.29. The molecule has 0 fully saturated rings. The summed E-state index contributed by atoms with van der Waals surface area (Å²) in [5.74, 6) is 1.34. The van der Waals surface area contributed by atoms with E-state index < -0.39 is 0 Å². The summed E-state index contributed by atoms with van der Waals surface area (Å²) in [5, 5.41) is 3.14. The first-order valence-corrected chi connectivity index (χ1v) is 7.49. The van der Waals surface area contributed by atoms with Crippen molar-refractivity contribution >= 4 is 23.1 Å². The molecule has 6 nitrogen and oxygen atoms in total. The summed E-state index contributed by atoms with van der Waals surface area (Å²) in [6.07, 6.45) is 10.6. The zero-order valence-electron chi connectivity index (χ0n) is 12.7.